The molecular weight excluding hydrogens is 395 g/mol. The average Bonchev–Trinajstić information content (AvgIpc) is 2.66. The van der Waals surface area contributed by atoms with Crippen LogP contribution in [-0.4, -0.2) is 60.8 Å². The van der Waals surface area contributed by atoms with E-state index >= 15 is 4.39 Å². The highest BCUT2D eigenvalue weighted by Crippen LogP contribution is 2.43. The van der Waals surface area contributed by atoms with Crippen LogP contribution in [0.1, 0.15) is 12.5 Å². The molecule has 1 fully saturated rings. The predicted octanol–water partition coefficient (Wildman–Crippen LogP) is 1.33. The molecule has 0 spiro atoms. The van der Waals surface area contributed by atoms with Gasteiger partial charge < -0.3 is 4.90 Å². The van der Waals surface area contributed by atoms with Gasteiger partial charge in [0.25, 0.3) is 0 Å². The summed E-state index contributed by atoms with van der Waals surface area (Å²) >= 11 is 6.32. The van der Waals surface area contributed by atoms with E-state index in [4.69, 9.17) is 11.6 Å². The van der Waals surface area contributed by atoms with Crippen molar-refractivity contribution in [3.05, 3.63) is 26.9 Å². The largest absolute Gasteiger partial charge is 0.349 e. The first-order valence-corrected chi connectivity index (χ1v) is 10.7. The van der Waals surface area contributed by atoms with Crippen molar-refractivity contribution in [1.29, 1.82) is 0 Å². The summed E-state index contributed by atoms with van der Waals surface area (Å²) in [5, 5.41) is -0.0348. The molecule has 0 radical (unpaired) electrons. The van der Waals surface area contributed by atoms with Crippen molar-refractivity contribution in [3.8, 4) is 0 Å². The smallest absolute Gasteiger partial charge is 0.349 e. The van der Waals surface area contributed by atoms with Crippen LogP contribution in [-0.2, 0) is 16.9 Å². The van der Waals surface area contributed by atoms with E-state index in [9.17, 15) is 13.2 Å². The second kappa shape index (κ2) is 5.89. The summed E-state index contributed by atoms with van der Waals surface area (Å²) in [7, 11) is -0.506. The second-order valence-electron chi connectivity index (χ2n) is 7.46. The van der Waals surface area contributed by atoms with E-state index in [1.807, 2.05) is 18.9 Å². The fourth-order valence-electron chi connectivity index (χ4n) is 4.03. The van der Waals surface area contributed by atoms with Crippen LogP contribution in [0.3, 0.4) is 0 Å². The van der Waals surface area contributed by atoms with Crippen LogP contribution in [0.25, 0.3) is 10.9 Å². The van der Waals surface area contributed by atoms with E-state index in [-0.39, 0.29) is 44.0 Å². The first kappa shape index (κ1) is 18.6. The van der Waals surface area contributed by atoms with Crippen LogP contribution in [0, 0.1) is 12.7 Å². The molecule has 3 heterocycles. The van der Waals surface area contributed by atoms with Gasteiger partial charge in [0.15, 0.2) is 15.7 Å². The first-order valence-electron chi connectivity index (χ1n) is 8.62. The van der Waals surface area contributed by atoms with Crippen LogP contribution < -0.4 is 10.6 Å². The third kappa shape index (κ3) is 2.51. The van der Waals surface area contributed by atoms with Gasteiger partial charge in [-0.25, -0.2) is 17.6 Å². The number of halogens is 2. The lowest BCUT2D eigenvalue weighted by molar-refractivity contribution is 0.206. The van der Waals surface area contributed by atoms with Crippen molar-refractivity contribution < 1.29 is 12.8 Å². The van der Waals surface area contributed by atoms with Gasteiger partial charge in [-0.05, 0) is 20.9 Å². The molecular formula is C17H20ClFN4O3S. The van der Waals surface area contributed by atoms with Crippen LogP contribution in [0.15, 0.2) is 9.69 Å². The van der Waals surface area contributed by atoms with E-state index in [2.05, 4.69) is 9.88 Å². The van der Waals surface area contributed by atoms with E-state index in [1.54, 1.807) is 0 Å². The lowest BCUT2D eigenvalue weighted by Gasteiger charge is -2.43. The fourth-order valence-corrected chi connectivity index (χ4v) is 6.45. The molecule has 0 bridgehead atoms. The Balaban J connectivity index is 2.22. The lowest BCUT2D eigenvalue weighted by atomic mass is 10.1. The van der Waals surface area contributed by atoms with Crippen molar-refractivity contribution in [2.45, 2.75) is 30.8 Å². The van der Waals surface area contributed by atoms with E-state index in [0.29, 0.717) is 13.1 Å². The number of aromatic nitrogens is 2. The molecule has 0 N–H and O–H groups in total. The average molecular weight is 415 g/mol. The minimum Gasteiger partial charge on any atom is -0.349 e. The molecule has 0 saturated carbocycles. The Hall–Kier alpha value is -1.71. The number of likely N-dealkylation sites (N-methyl/N-ethyl adjacent to an activating group) is 1. The van der Waals surface area contributed by atoms with Gasteiger partial charge >= 0.3 is 5.69 Å². The molecule has 27 heavy (non-hydrogen) atoms. The van der Waals surface area contributed by atoms with E-state index in [1.165, 1.54) is 14.0 Å². The third-order valence-electron chi connectivity index (χ3n) is 5.72. The molecule has 2 unspecified atom stereocenters. The van der Waals surface area contributed by atoms with Crippen molar-refractivity contribution in [3.63, 3.8) is 0 Å². The number of hydrogen-bond acceptors (Lipinski definition) is 6. The Bertz CT molecular complexity index is 1150. The van der Waals surface area contributed by atoms with E-state index < -0.39 is 27.4 Å². The molecule has 4 rings (SSSR count). The van der Waals surface area contributed by atoms with Crippen LogP contribution in [0.2, 0.25) is 5.02 Å². The third-order valence-corrected chi connectivity index (χ3v) is 8.16. The number of hydrogen-bond donors (Lipinski definition) is 0. The lowest BCUT2D eigenvalue weighted by Crippen LogP contribution is -2.58. The molecule has 7 nitrogen and oxygen atoms in total. The molecule has 1 aromatic heterocycles. The number of anilines is 1. The predicted molar refractivity (Wildman–Crippen MR) is 102 cm³/mol. The van der Waals surface area contributed by atoms with Gasteiger partial charge in [0, 0.05) is 31.7 Å². The molecule has 10 heteroatoms. The fraction of sp³-hybridized carbons (Fsp3) is 0.529. The Morgan fingerprint density at radius 1 is 1.26 bits per heavy atom. The highest BCUT2D eigenvalue weighted by Gasteiger charge is 2.41. The SMILES string of the molecule is Cc1c(Cl)c2c3c(nc(=O)n(C)c3c1F)N1CC(C)N(C)CC1CS2(=O)=O. The monoisotopic (exact) mass is 414 g/mol. The van der Waals surface area contributed by atoms with Crippen molar-refractivity contribution >= 4 is 38.2 Å². The van der Waals surface area contributed by atoms with Gasteiger partial charge in [-0.1, -0.05) is 11.6 Å². The van der Waals surface area contributed by atoms with Crippen LogP contribution >= 0.6 is 11.6 Å². The minimum absolute atomic E-state index is 0.0141. The topological polar surface area (TPSA) is 75.5 Å². The van der Waals surface area contributed by atoms with Gasteiger partial charge in [0.05, 0.1) is 32.6 Å². The zero-order chi connectivity index (χ0) is 19.8. The summed E-state index contributed by atoms with van der Waals surface area (Å²) in [6.07, 6.45) is 0. The highest BCUT2D eigenvalue weighted by molar-refractivity contribution is 7.91. The van der Waals surface area contributed by atoms with Crippen molar-refractivity contribution in [1.82, 2.24) is 14.5 Å². The Kier molecular flexibility index (Phi) is 4.07. The number of aryl methyl sites for hydroxylation is 1. The molecule has 0 amide bonds. The van der Waals surface area contributed by atoms with Crippen molar-refractivity contribution in [2.75, 3.05) is 30.8 Å². The van der Waals surface area contributed by atoms with Gasteiger partial charge in [0.1, 0.15) is 5.82 Å². The maximum atomic E-state index is 15.1. The van der Waals surface area contributed by atoms with Crippen LogP contribution in [0.4, 0.5) is 10.2 Å². The molecule has 2 aliphatic rings. The number of benzene rings is 1. The number of nitrogens with zero attached hydrogens (tertiary/aromatic N) is 4. The number of piperazine rings is 1. The van der Waals surface area contributed by atoms with Gasteiger partial charge in [-0.3, -0.25) is 9.47 Å². The Labute approximate surface area is 161 Å². The van der Waals surface area contributed by atoms with Gasteiger partial charge in [-0.2, -0.15) is 4.98 Å². The maximum Gasteiger partial charge on any atom is 0.349 e. The molecule has 2 aromatic rings. The van der Waals surface area contributed by atoms with Crippen LogP contribution in [0.5, 0.6) is 0 Å². The molecule has 146 valence electrons. The molecule has 1 saturated heterocycles. The molecule has 1 aromatic carbocycles. The number of fused-ring (bicyclic) bond motifs is 2. The van der Waals surface area contributed by atoms with Gasteiger partial charge in [-0.15, -0.1) is 0 Å². The number of sulfone groups is 1. The minimum atomic E-state index is -3.82. The zero-order valence-electron chi connectivity index (χ0n) is 15.5. The summed E-state index contributed by atoms with van der Waals surface area (Å²) in [6.45, 7) is 4.41. The highest BCUT2D eigenvalue weighted by atomic mass is 35.5. The maximum absolute atomic E-state index is 15.1. The summed E-state index contributed by atoms with van der Waals surface area (Å²) in [6, 6.07) is -0.275. The summed E-state index contributed by atoms with van der Waals surface area (Å²) in [5.41, 5.74) is -0.688. The molecule has 2 atom stereocenters. The quantitative estimate of drug-likeness (QED) is 0.605. The Morgan fingerprint density at radius 3 is 2.59 bits per heavy atom. The standard InChI is InChI=1S/C17H20ClFN4O3S/c1-8-5-23-10(6-21(8)3)7-27(25,26)15-11-14(13(19)9(2)12(15)18)22(4)17(24)20-16(11)23/h8,10H,5-7H2,1-4H3. The normalized spacial score (nSPS) is 24.7. The molecule has 2 aliphatic heterocycles. The second-order valence-corrected chi connectivity index (χ2v) is 9.81. The van der Waals surface area contributed by atoms with Gasteiger partial charge in [0.2, 0.25) is 0 Å². The van der Waals surface area contributed by atoms with E-state index in [0.717, 1.165) is 4.57 Å². The zero-order valence-corrected chi connectivity index (χ0v) is 17.0. The summed E-state index contributed by atoms with van der Waals surface area (Å²) in [4.78, 5) is 20.4. The van der Waals surface area contributed by atoms with Crippen molar-refractivity contribution in [2.24, 2.45) is 7.05 Å². The summed E-state index contributed by atoms with van der Waals surface area (Å²) < 4.78 is 42.6. The first-order chi connectivity index (χ1) is 12.5. The Morgan fingerprint density at radius 2 is 1.93 bits per heavy atom. The number of rotatable bonds is 0. The summed E-state index contributed by atoms with van der Waals surface area (Å²) in [5.74, 6) is -0.661. The molecule has 0 aliphatic carbocycles.